The molecular weight excluding hydrogens is 267 g/mol. The number of carbonyl (C=O) groups is 1. The van der Waals surface area contributed by atoms with Crippen molar-refractivity contribution >= 4 is 18.3 Å². The first-order valence-electron chi connectivity index (χ1n) is 6.40. The van der Waals surface area contributed by atoms with Gasteiger partial charge in [-0.3, -0.25) is 4.79 Å². The highest BCUT2D eigenvalue weighted by Gasteiger charge is 2.23. The molecule has 2 rings (SSSR count). The van der Waals surface area contributed by atoms with E-state index < -0.39 is 0 Å². The van der Waals surface area contributed by atoms with Crippen LogP contribution >= 0.6 is 12.4 Å². The molecular formula is C14H20ClFN2O. The van der Waals surface area contributed by atoms with Gasteiger partial charge in [0.05, 0.1) is 0 Å². The van der Waals surface area contributed by atoms with Gasteiger partial charge in [-0.2, -0.15) is 0 Å². The third-order valence-electron chi connectivity index (χ3n) is 3.47. The molecule has 1 aliphatic rings. The van der Waals surface area contributed by atoms with E-state index in [2.05, 4.69) is 5.32 Å². The molecule has 5 heteroatoms. The van der Waals surface area contributed by atoms with Gasteiger partial charge in [0, 0.05) is 18.7 Å². The lowest BCUT2D eigenvalue weighted by Crippen LogP contribution is -2.40. The number of nitrogens with zero attached hydrogens (tertiary/aromatic N) is 1. The Morgan fingerprint density at radius 2 is 2.11 bits per heavy atom. The van der Waals surface area contributed by atoms with E-state index in [1.54, 1.807) is 12.1 Å². The molecule has 1 amide bonds. The van der Waals surface area contributed by atoms with E-state index >= 15 is 0 Å². The van der Waals surface area contributed by atoms with Crippen LogP contribution in [0.5, 0.6) is 0 Å². The van der Waals surface area contributed by atoms with Gasteiger partial charge >= 0.3 is 0 Å². The third kappa shape index (κ3) is 4.18. The molecule has 0 radical (unpaired) electrons. The Bertz CT molecular complexity index is 420. The predicted octanol–water partition coefficient (Wildman–Crippen LogP) is 2.32. The van der Waals surface area contributed by atoms with Crippen LogP contribution in [0.25, 0.3) is 0 Å². The number of carbonyl (C=O) groups excluding carboxylic acids is 1. The summed E-state index contributed by atoms with van der Waals surface area (Å²) >= 11 is 0. The molecule has 3 nitrogen and oxygen atoms in total. The van der Waals surface area contributed by atoms with Crippen LogP contribution in [-0.2, 0) is 0 Å². The summed E-state index contributed by atoms with van der Waals surface area (Å²) in [5, 5.41) is 3.17. The van der Waals surface area contributed by atoms with E-state index in [1.165, 1.54) is 12.1 Å². The van der Waals surface area contributed by atoms with Crippen LogP contribution in [-0.4, -0.2) is 37.5 Å². The second kappa shape index (κ2) is 7.46. The highest BCUT2D eigenvalue weighted by Crippen LogP contribution is 2.18. The normalized spacial score (nSPS) is 16.0. The second-order valence-corrected chi connectivity index (χ2v) is 4.80. The van der Waals surface area contributed by atoms with Crippen LogP contribution in [0.3, 0.4) is 0 Å². The number of rotatable bonds is 3. The van der Waals surface area contributed by atoms with E-state index in [9.17, 15) is 9.18 Å². The molecule has 19 heavy (non-hydrogen) atoms. The fraction of sp³-hybridized carbons (Fsp3) is 0.500. The van der Waals surface area contributed by atoms with Gasteiger partial charge < -0.3 is 10.2 Å². The third-order valence-corrected chi connectivity index (χ3v) is 3.47. The smallest absolute Gasteiger partial charge is 0.253 e. The van der Waals surface area contributed by atoms with Crippen molar-refractivity contribution < 1.29 is 9.18 Å². The van der Waals surface area contributed by atoms with Crippen molar-refractivity contribution in [2.75, 3.05) is 26.7 Å². The molecule has 0 atom stereocenters. The maximum Gasteiger partial charge on any atom is 0.253 e. The zero-order chi connectivity index (χ0) is 13.0. The van der Waals surface area contributed by atoms with Gasteiger partial charge in [-0.15, -0.1) is 12.4 Å². The molecule has 1 aromatic rings. The van der Waals surface area contributed by atoms with Crippen LogP contribution in [0.4, 0.5) is 4.39 Å². The van der Waals surface area contributed by atoms with Crippen LogP contribution < -0.4 is 5.32 Å². The zero-order valence-electron chi connectivity index (χ0n) is 11.1. The molecule has 1 aromatic carbocycles. The van der Waals surface area contributed by atoms with Gasteiger partial charge in [0.2, 0.25) is 0 Å². The van der Waals surface area contributed by atoms with E-state index in [1.807, 2.05) is 11.9 Å². The summed E-state index contributed by atoms with van der Waals surface area (Å²) in [6.07, 6.45) is 2.03. The quantitative estimate of drug-likeness (QED) is 0.925. The Morgan fingerprint density at radius 3 is 2.68 bits per heavy atom. The van der Waals surface area contributed by atoms with Crippen molar-refractivity contribution in [2.24, 2.45) is 5.92 Å². The van der Waals surface area contributed by atoms with Crippen molar-refractivity contribution in [3.63, 3.8) is 0 Å². The first-order valence-corrected chi connectivity index (χ1v) is 6.40. The van der Waals surface area contributed by atoms with Crippen molar-refractivity contribution in [1.29, 1.82) is 0 Å². The standard InChI is InChI=1S/C14H19FN2O.ClH/c1-16-10-11-5-7-17(8-6-11)14(18)12-3-2-4-13(15)9-12;/h2-4,9,11,16H,5-8,10H2,1H3;1H. The minimum absolute atomic E-state index is 0. The summed E-state index contributed by atoms with van der Waals surface area (Å²) in [4.78, 5) is 14.0. The van der Waals surface area contributed by atoms with Gasteiger partial charge in [0.25, 0.3) is 5.91 Å². The Hall–Kier alpha value is -1.13. The fourth-order valence-electron chi connectivity index (χ4n) is 2.43. The predicted molar refractivity (Wildman–Crippen MR) is 76.2 cm³/mol. The van der Waals surface area contributed by atoms with Crippen molar-refractivity contribution in [2.45, 2.75) is 12.8 Å². The van der Waals surface area contributed by atoms with Crippen LogP contribution in [0.2, 0.25) is 0 Å². The van der Waals surface area contributed by atoms with Gasteiger partial charge in [-0.1, -0.05) is 6.07 Å². The number of halogens is 2. The van der Waals surface area contributed by atoms with Crippen LogP contribution in [0, 0.1) is 11.7 Å². The monoisotopic (exact) mass is 286 g/mol. The van der Waals surface area contributed by atoms with Crippen molar-refractivity contribution in [3.8, 4) is 0 Å². The molecule has 1 N–H and O–H groups in total. The Balaban J connectivity index is 0.00000180. The number of hydrogen-bond acceptors (Lipinski definition) is 2. The fourth-order valence-corrected chi connectivity index (χ4v) is 2.43. The maximum absolute atomic E-state index is 13.1. The number of piperidine rings is 1. The van der Waals surface area contributed by atoms with Crippen molar-refractivity contribution in [1.82, 2.24) is 10.2 Å². The number of hydrogen-bond donors (Lipinski definition) is 1. The molecule has 1 aliphatic heterocycles. The van der Waals surface area contributed by atoms with E-state index in [4.69, 9.17) is 0 Å². The number of nitrogens with one attached hydrogen (secondary N) is 1. The largest absolute Gasteiger partial charge is 0.339 e. The highest BCUT2D eigenvalue weighted by molar-refractivity contribution is 5.94. The van der Waals surface area contributed by atoms with Gasteiger partial charge in [0.1, 0.15) is 5.82 Å². The highest BCUT2D eigenvalue weighted by atomic mass is 35.5. The molecule has 1 heterocycles. The topological polar surface area (TPSA) is 32.3 Å². The molecule has 1 fully saturated rings. The number of likely N-dealkylation sites (tertiary alicyclic amines) is 1. The summed E-state index contributed by atoms with van der Waals surface area (Å²) in [6, 6.07) is 5.92. The van der Waals surface area contributed by atoms with E-state index in [0.717, 1.165) is 32.5 Å². The molecule has 106 valence electrons. The van der Waals surface area contributed by atoms with Crippen molar-refractivity contribution in [3.05, 3.63) is 35.6 Å². The molecule has 0 spiro atoms. The molecule has 0 unspecified atom stereocenters. The van der Waals surface area contributed by atoms with Gasteiger partial charge in [-0.05, 0) is 50.6 Å². The summed E-state index contributed by atoms with van der Waals surface area (Å²) in [5.74, 6) is 0.231. The van der Waals surface area contributed by atoms with E-state index in [0.29, 0.717) is 11.5 Å². The molecule has 0 saturated carbocycles. The lowest BCUT2D eigenvalue weighted by molar-refractivity contribution is 0.0690. The Kier molecular flexibility index (Phi) is 6.25. The maximum atomic E-state index is 13.1. The minimum atomic E-state index is -0.356. The zero-order valence-corrected chi connectivity index (χ0v) is 11.9. The summed E-state index contributed by atoms with van der Waals surface area (Å²) in [7, 11) is 1.95. The molecule has 1 saturated heterocycles. The molecule has 0 bridgehead atoms. The van der Waals surface area contributed by atoms with Crippen LogP contribution in [0.1, 0.15) is 23.2 Å². The first-order chi connectivity index (χ1) is 8.70. The Labute approximate surface area is 119 Å². The first kappa shape index (κ1) is 15.9. The lowest BCUT2D eigenvalue weighted by Gasteiger charge is -2.32. The summed E-state index contributed by atoms with van der Waals surface area (Å²) < 4.78 is 13.1. The number of benzene rings is 1. The minimum Gasteiger partial charge on any atom is -0.339 e. The van der Waals surface area contributed by atoms with Gasteiger partial charge in [0.15, 0.2) is 0 Å². The average Bonchev–Trinajstić information content (AvgIpc) is 2.39. The number of amides is 1. The Morgan fingerprint density at radius 1 is 1.42 bits per heavy atom. The molecule has 0 aromatic heterocycles. The summed E-state index contributed by atoms with van der Waals surface area (Å²) in [5.41, 5.74) is 0.446. The second-order valence-electron chi connectivity index (χ2n) is 4.80. The van der Waals surface area contributed by atoms with Crippen LogP contribution in [0.15, 0.2) is 24.3 Å². The summed E-state index contributed by atoms with van der Waals surface area (Å²) in [6.45, 7) is 2.53. The van der Waals surface area contributed by atoms with E-state index in [-0.39, 0.29) is 24.1 Å². The average molecular weight is 287 g/mol. The lowest BCUT2D eigenvalue weighted by atomic mass is 9.96. The van der Waals surface area contributed by atoms with Gasteiger partial charge in [-0.25, -0.2) is 4.39 Å². The SMILES string of the molecule is CNCC1CCN(C(=O)c2cccc(F)c2)CC1.Cl. The molecule has 0 aliphatic carbocycles.